The molecule has 0 saturated heterocycles. The molecule has 1 aromatic carbocycles. The number of imidazole rings is 1. The zero-order valence-corrected chi connectivity index (χ0v) is 14.8. The summed E-state index contributed by atoms with van der Waals surface area (Å²) in [6.45, 7) is 5.44. The monoisotopic (exact) mass is 354 g/mol. The van der Waals surface area contributed by atoms with Gasteiger partial charge in [-0.1, -0.05) is 29.5 Å². The van der Waals surface area contributed by atoms with Crippen molar-refractivity contribution in [2.75, 3.05) is 18.4 Å². The zero-order valence-electron chi connectivity index (χ0n) is 14.0. The lowest BCUT2D eigenvalue weighted by Crippen LogP contribution is -3.11. The maximum Gasteiger partial charge on any atom is 0.276 e. The van der Waals surface area contributed by atoms with E-state index in [9.17, 15) is 4.79 Å². The van der Waals surface area contributed by atoms with Crippen LogP contribution in [0.2, 0.25) is 0 Å². The lowest BCUT2D eigenvalue weighted by molar-refractivity contribution is -0.913. The van der Waals surface area contributed by atoms with Crippen molar-refractivity contribution in [3.8, 4) is 5.69 Å². The van der Waals surface area contributed by atoms with Gasteiger partial charge >= 0.3 is 0 Å². The van der Waals surface area contributed by atoms with E-state index in [1.165, 1.54) is 4.88 Å². The molecule has 2 aromatic heterocycles. The maximum atomic E-state index is 12.7. The number of nitrogens with zero attached hydrogens (tertiary/aromatic N) is 3. The number of nitrogens with one attached hydrogen (secondary N) is 2. The van der Waals surface area contributed by atoms with Crippen LogP contribution in [0.15, 0.2) is 42.9 Å². The Balaban J connectivity index is 1.54. The SMILES string of the molecule is CC[NH+]1CCc2nc(NC(=O)c3cncn3-c3ccccc3)sc2C1. The van der Waals surface area contributed by atoms with E-state index in [2.05, 4.69) is 22.2 Å². The van der Waals surface area contributed by atoms with E-state index in [1.807, 2.05) is 30.3 Å². The highest BCUT2D eigenvalue weighted by Gasteiger charge is 2.23. The number of amides is 1. The number of carbonyl (C=O) groups excluding carboxylic acids is 1. The van der Waals surface area contributed by atoms with Crippen molar-refractivity contribution in [2.24, 2.45) is 0 Å². The Morgan fingerprint density at radius 1 is 1.36 bits per heavy atom. The molecule has 1 aliphatic rings. The molecule has 25 heavy (non-hydrogen) atoms. The van der Waals surface area contributed by atoms with Gasteiger partial charge in [-0.3, -0.25) is 14.7 Å². The first-order valence-electron chi connectivity index (χ1n) is 8.46. The lowest BCUT2D eigenvalue weighted by atomic mass is 10.2. The molecule has 1 unspecified atom stereocenters. The van der Waals surface area contributed by atoms with E-state index in [0.29, 0.717) is 10.8 Å². The Labute approximate surface area is 150 Å². The Morgan fingerprint density at radius 3 is 3.00 bits per heavy atom. The molecule has 0 bridgehead atoms. The Kier molecular flexibility index (Phi) is 4.33. The molecule has 2 N–H and O–H groups in total. The predicted molar refractivity (Wildman–Crippen MR) is 97.4 cm³/mol. The van der Waals surface area contributed by atoms with Crippen LogP contribution in [0.25, 0.3) is 5.69 Å². The number of benzene rings is 1. The number of hydrogen-bond acceptors (Lipinski definition) is 4. The topological polar surface area (TPSA) is 64.2 Å². The summed E-state index contributed by atoms with van der Waals surface area (Å²) in [5, 5.41) is 3.62. The molecule has 1 atom stereocenters. The van der Waals surface area contributed by atoms with Crippen molar-refractivity contribution in [2.45, 2.75) is 19.9 Å². The molecule has 1 amide bonds. The largest absolute Gasteiger partial charge is 0.330 e. The second-order valence-corrected chi connectivity index (χ2v) is 7.19. The van der Waals surface area contributed by atoms with Crippen LogP contribution in [-0.2, 0) is 13.0 Å². The number of aromatic nitrogens is 3. The summed E-state index contributed by atoms with van der Waals surface area (Å²) in [4.78, 5) is 24.3. The molecule has 1 aliphatic heterocycles. The third-order valence-corrected chi connectivity index (χ3v) is 5.54. The molecule has 4 rings (SSSR count). The van der Waals surface area contributed by atoms with E-state index in [4.69, 9.17) is 0 Å². The molecule has 0 fully saturated rings. The molecular formula is C18H20N5OS+. The first kappa shape index (κ1) is 16.0. The van der Waals surface area contributed by atoms with Crippen LogP contribution < -0.4 is 10.2 Å². The molecule has 0 saturated carbocycles. The normalized spacial score (nSPS) is 16.4. The summed E-state index contributed by atoms with van der Waals surface area (Å²) in [5.41, 5.74) is 2.54. The number of likely N-dealkylation sites (N-methyl/N-ethyl adjacent to an activating group) is 1. The van der Waals surface area contributed by atoms with Gasteiger partial charge in [-0.2, -0.15) is 0 Å². The zero-order chi connectivity index (χ0) is 17.2. The number of thiazole rings is 1. The number of quaternary nitrogens is 1. The standard InChI is InChI=1S/C18H19N5OS/c1-2-22-9-8-14-16(11-22)25-18(20-14)21-17(24)15-10-19-12-23(15)13-6-4-3-5-7-13/h3-7,10,12H,2,8-9,11H2,1H3,(H,20,21,24)/p+1. The van der Waals surface area contributed by atoms with Crippen molar-refractivity contribution in [1.29, 1.82) is 0 Å². The van der Waals surface area contributed by atoms with Crippen LogP contribution >= 0.6 is 11.3 Å². The van der Waals surface area contributed by atoms with Gasteiger partial charge in [-0.15, -0.1) is 0 Å². The molecule has 128 valence electrons. The number of fused-ring (bicyclic) bond motifs is 1. The number of hydrogen-bond donors (Lipinski definition) is 2. The number of rotatable bonds is 4. The number of anilines is 1. The minimum atomic E-state index is -0.188. The van der Waals surface area contributed by atoms with Crippen LogP contribution in [0.1, 0.15) is 28.0 Å². The number of carbonyl (C=O) groups is 1. The van der Waals surface area contributed by atoms with Crippen molar-refractivity contribution < 1.29 is 9.69 Å². The summed E-state index contributed by atoms with van der Waals surface area (Å²) < 4.78 is 1.78. The van der Waals surface area contributed by atoms with Crippen molar-refractivity contribution in [1.82, 2.24) is 14.5 Å². The highest BCUT2D eigenvalue weighted by atomic mass is 32.1. The summed E-state index contributed by atoms with van der Waals surface area (Å²) in [6.07, 6.45) is 4.21. The molecule has 6 nitrogen and oxygen atoms in total. The first-order chi connectivity index (χ1) is 12.2. The fourth-order valence-electron chi connectivity index (χ4n) is 3.10. The summed E-state index contributed by atoms with van der Waals surface area (Å²) >= 11 is 1.59. The highest BCUT2D eigenvalue weighted by Crippen LogP contribution is 2.25. The van der Waals surface area contributed by atoms with Crippen molar-refractivity contribution in [3.63, 3.8) is 0 Å². The molecule has 7 heteroatoms. The first-order valence-corrected chi connectivity index (χ1v) is 9.27. The van der Waals surface area contributed by atoms with Gasteiger partial charge in [-0.25, -0.2) is 9.97 Å². The summed E-state index contributed by atoms with van der Waals surface area (Å²) in [6, 6.07) is 9.72. The van der Waals surface area contributed by atoms with E-state index in [1.54, 1.807) is 33.3 Å². The quantitative estimate of drug-likeness (QED) is 0.747. The van der Waals surface area contributed by atoms with Crippen molar-refractivity contribution in [3.05, 3.63) is 59.1 Å². The third kappa shape index (κ3) is 3.20. The molecule has 3 aromatic rings. The fourth-order valence-corrected chi connectivity index (χ4v) is 4.18. The smallest absolute Gasteiger partial charge is 0.276 e. The molecule has 0 aliphatic carbocycles. The second-order valence-electron chi connectivity index (χ2n) is 6.11. The van der Waals surface area contributed by atoms with Crippen LogP contribution in [0.4, 0.5) is 5.13 Å². The Bertz CT molecular complexity index is 886. The average Bonchev–Trinajstić information content (AvgIpc) is 3.28. The van der Waals surface area contributed by atoms with Crippen LogP contribution in [0.3, 0.4) is 0 Å². The van der Waals surface area contributed by atoms with Gasteiger partial charge in [0.15, 0.2) is 5.13 Å². The average molecular weight is 354 g/mol. The summed E-state index contributed by atoms with van der Waals surface area (Å²) in [5.74, 6) is -0.188. The second kappa shape index (κ2) is 6.78. The van der Waals surface area contributed by atoms with Gasteiger partial charge in [0.05, 0.1) is 36.2 Å². The fraction of sp³-hybridized carbons (Fsp3) is 0.278. The Hall–Kier alpha value is -2.51. The molecule has 0 radical (unpaired) electrons. The molecular weight excluding hydrogens is 334 g/mol. The van der Waals surface area contributed by atoms with E-state index >= 15 is 0 Å². The summed E-state index contributed by atoms with van der Waals surface area (Å²) in [7, 11) is 0. The Morgan fingerprint density at radius 2 is 2.20 bits per heavy atom. The third-order valence-electron chi connectivity index (χ3n) is 4.53. The van der Waals surface area contributed by atoms with E-state index in [0.717, 1.165) is 37.4 Å². The van der Waals surface area contributed by atoms with Gasteiger partial charge in [0.2, 0.25) is 0 Å². The lowest BCUT2D eigenvalue weighted by Gasteiger charge is -2.20. The van der Waals surface area contributed by atoms with Gasteiger partial charge in [0.25, 0.3) is 5.91 Å². The van der Waals surface area contributed by atoms with Crippen molar-refractivity contribution >= 4 is 22.4 Å². The van der Waals surface area contributed by atoms with Crippen LogP contribution in [-0.4, -0.2) is 33.5 Å². The minimum Gasteiger partial charge on any atom is -0.330 e. The minimum absolute atomic E-state index is 0.188. The number of para-hydroxylation sites is 1. The molecule has 0 spiro atoms. The van der Waals surface area contributed by atoms with Crippen LogP contribution in [0, 0.1) is 0 Å². The van der Waals surface area contributed by atoms with Crippen LogP contribution in [0.5, 0.6) is 0 Å². The van der Waals surface area contributed by atoms with Gasteiger partial charge in [0, 0.05) is 12.1 Å². The van der Waals surface area contributed by atoms with Gasteiger partial charge in [0.1, 0.15) is 12.2 Å². The van der Waals surface area contributed by atoms with Gasteiger partial charge in [-0.05, 0) is 19.1 Å². The predicted octanol–water partition coefficient (Wildman–Crippen LogP) is 1.54. The molecule has 3 heterocycles. The van der Waals surface area contributed by atoms with E-state index in [-0.39, 0.29) is 5.91 Å². The highest BCUT2D eigenvalue weighted by molar-refractivity contribution is 7.15. The maximum absolute atomic E-state index is 12.7. The van der Waals surface area contributed by atoms with Gasteiger partial charge < -0.3 is 4.90 Å². The van der Waals surface area contributed by atoms with E-state index < -0.39 is 0 Å².